The lowest BCUT2D eigenvalue weighted by Gasteiger charge is -2.32. The number of hydrogen-bond donors (Lipinski definition) is 1. The predicted octanol–water partition coefficient (Wildman–Crippen LogP) is 2.68. The summed E-state index contributed by atoms with van der Waals surface area (Å²) in [5, 5.41) is 8.10. The molecule has 0 atom stereocenters. The number of hydrogen-bond acceptors (Lipinski definition) is 4. The van der Waals surface area contributed by atoms with E-state index < -0.39 is 0 Å². The number of aryl methyl sites for hydroxylation is 1. The molecule has 1 aromatic heterocycles. The summed E-state index contributed by atoms with van der Waals surface area (Å²) in [6.07, 6.45) is 0.874. The zero-order chi connectivity index (χ0) is 16.4. The maximum absolute atomic E-state index is 6.06. The molecule has 1 aliphatic heterocycles. The Bertz CT molecular complexity index is 730. The van der Waals surface area contributed by atoms with Crippen molar-refractivity contribution in [1.82, 2.24) is 24.6 Å². The smallest absolute Gasteiger partial charge is 0.199 e. The van der Waals surface area contributed by atoms with E-state index in [9.17, 15) is 0 Å². The van der Waals surface area contributed by atoms with Crippen molar-refractivity contribution < 1.29 is 0 Å². The fourth-order valence-corrected chi connectivity index (χ4v) is 3.42. The van der Waals surface area contributed by atoms with E-state index >= 15 is 0 Å². The fourth-order valence-electron chi connectivity index (χ4n) is 2.95. The van der Waals surface area contributed by atoms with Crippen LogP contribution in [0.4, 0.5) is 0 Å². The van der Waals surface area contributed by atoms with Crippen LogP contribution in [0.3, 0.4) is 0 Å². The second kappa shape index (κ2) is 7.13. The summed E-state index contributed by atoms with van der Waals surface area (Å²) in [4.78, 5) is 4.85. The molecule has 0 spiro atoms. The quantitative estimate of drug-likeness (QED) is 0.860. The van der Waals surface area contributed by atoms with Crippen molar-refractivity contribution in [2.45, 2.75) is 13.3 Å². The minimum atomic E-state index is 0.629. The number of piperazine rings is 1. The largest absolute Gasteiger partial charge is 0.304 e. The van der Waals surface area contributed by atoms with Crippen molar-refractivity contribution in [3.05, 3.63) is 39.4 Å². The van der Waals surface area contributed by atoms with E-state index in [0.29, 0.717) is 4.77 Å². The monoisotopic (exact) mass is 351 g/mol. The fraction of sp³-hybridized carbons (Fsp3) is 0.500. The van der Waals surface area contributed by atoms with E-state index in [4.69, 9.17) is 23.8 Å². The van der Waals surface area contributed by atoms with Crippen molar-refractivity contribution in [2.75, 3.05) is 39.8 Å². The number of nitrogens with one attached hydrogen (secondary N) is 1. The minimum absolute atomic E-state index is 0.629. The van der Waals surface area contributed by atoms with Crippen molar-refractivity contribution in [1.29, 1.82) is 0 Å². The Morgan fingerprint density at radius 2 is 2.00 bits per heavy atom. The average Bonchev–Trinajstić information content (AvgIpc) is 2.88. The Kier molecular flexibility index (Phi) is 5.16. The standard InChI is InChI=1S/C16H22ClN5S/c1-12-11-13(17)3-4-14(12)22-15(18-19-16(22)23)5-6-21-9-7-20(2)8-10-21/h3-4,11H,5-10H2,1-2H3,(H,19,23). The highest BCUT2D eigenvalue weighted by Gasteiger charge is 2.16. The number of benzene rings is 1. The number of aromatic amines is 1. The second-order valence-electron chi connectivity index (χ2n) is 6.11. The average molecular weight is 352 g/mol. The van der Waals surface area contributed by atoms with Gasteiger partial charge in [0, 0.05) is 44.2 Å². The third kappa shape index (κ3) is 3.83. The van der Waals surface area contributed by atoms with Crippen LogP contribution < -0.4 is 0 Å². The molecule has 23 heavy (non-hydrogen) atoms. The first-order valence-electron chi connectivity index (χ1n) is 7.88. The molecule has 124 valence electrons. The Balaban J connectivity index is 1.78. The Hall–Kier alpha value is -1.21. The SMILES string of the molecule is Cc1cc(Cl)ccc1-n1c(CCN2CCN(C)CC2)n[nH]c1=S. The van der Waals surface area contributed by atoms with Gasteiger partial charge in [-0.3, -0.25) is 9.67 Å². The molecule has 2 heterocycles. The summed E-state index contributed by atoms with van der Waals surface area (Å²) >= 11 is 11.5. The van der Waals surface area contributed by atoms with Crippen molar-refractivity contribution in [3.63, 3.8) is 0 Å². The lowest BCUT2D eigenvalue weighted by molar-refractivity contribution is 0.155. The molecule has 1 saturated heterocycles. The van der Waals surface area contributed by atoms with Crippen molar-refractivity contribution in [3.8, 4) is 5.69 Å². The molecule has 7 heteroatoms. The van der Waals surface area contributed by atoms with Crippen LogP contribution in [-0.4, -0.2) is 64.3 Å². The summed E-state index contributed by atoms with van der Waals surface area (Å²) in [6, 6.07) is 5.85. The first kappa shape index (κ1) is 16.6. The molecule has 0 radical (unpaired) electrons. The third-order valence-electron chi connectivity index (χ3n) is 4.39. The van der Waals surface area contributed by atoms with E-state index in [-0.39, 0.29) is 0 Å². The number of nitrogens with zero attached hydrogens (tertiary/aromatic N) is 4. The molecule has 0 saturated carbocycles. The van der Waals surface area contributed by atoms with Gasteiger partial charge in [0.25, 0.3) is 0 Å². The van der Waals surface area contributed by atoms with Crippen LogP contribution in [0, 0.1) is 11.7 Å². The van der Waals surface area contributed by atoms with Crippen LogP contribution in [0.5, 0.6) is 0 Å². The highest BCUT2D eigenvalue weighted by molar-refractivity contribution is 7.71. The number of likely N-dealkylation sites (N-methyl/N-ethyl adjacent to an activating group) is 1. The first-order chi connectivity index (χ1) is 11.0. The molecule has 0 amide bonds. The van der Waals surface area contributed by atoms with Crippen molar-refractivity contribution >= 4 is 23.8 Å². The van der Waals surface area contributed by atoms with Gasteiger partial charge in [-0.25, -0.2) is 0 Å². The maximum atomic E-state index is 6.06. The Morgan fingerprint density at radius 3 is 2.70 bits per heavy atom. The van der Waals surface area contributed by atoms with E-state index in [1.165, 1.54) is 0 Å². The van der Waals surface area contributed by atoms with Crippen LogP contribution in [0.25, 0.3) is 5.69 Å². The minimum Gasteiger partial charge on any atom is -0.304 e. The van der Waals surface area contributed by atoms with E-state index in [1.807, 2.05) is 29.7 Å². The molecular formula is C16H22ClN5S. The summed E-state index contributed by atoms with van der Waals surface area (Å²) < 4.78 is 2.65. The first-order valence-corrected chi connectivity index (χ1v) is 8.67. The predicted molar refractivity (Wildman–Crippen MR) is 96.1 cm³/mol. The van der Waals surface area contributed by atoms with Gasteiger partial charge in [-0.15, -0.1) is 0 Å². The van der Waals surface area contributed by atoms with E-state index in [0.717, 1.165) is 61.2 Å². The normalized spacial score (nSPS) is 16.8. The van der Waals surface area contributed by atoms with E-state index in [1.54, 1.807) is 0 Å². The number of rotatable bonds is 4. The number of aromatic nitrogens is 3. The molecule has 0 aliphatic carbocycles. The highest BCUT2D eigenvalue weighted by Crippen LogP contribution is 2.20. The molecule has 0 bridgehead atoms. The molecule has 5 nitrogen and oxygen atoms in total. The van der Waals surface area contributed by atoms with Gasteiger partial charge in [0.05, 0.1) is 5.69 Å². The maximum Gasteiger partial charge on any atom is 0.199 e. The van der Waals surface area contributed by atoms with Crippen LogP contribution in [-0.2, 0) is 6.42 Å². The number of H-pyrrole nitrogens is 1. The summed E-state index contributed by atoms with van der Waals surface area (Å²) in [7, 11) is 2.17. The van der Waals surface area contributed by atoms with Crippen molar-refractivity contribution in [2.24, 2.45) is 0 Å². The number of halogens is 1. The molecule has 1 fully saturated rings. The van der Waals surface area contributed by atoms with E-state index in [2.05, 4.69) is 27.0 Å². The Labute approximate surface area is 146 Å². The van der Waals surface area contributed by atoms with Gasteiger partial charge in [0.15, 0.2) is 4.77 Å². The van der Waals surface area contributed by atoms with Gasteiger partial charge >= 0.3 is 0 Å². The molecule has 1 N–H and O–H groups in total. The summed E-state index contributed by atoms with van der Waals surface area (Å²) in [5.41, 5.74) is 2.14. The van der Waals surface area contributed by atoms with Gasteiger partial charge < -0.3 is 9.80 Å². The van der Waals surface area contributed by atoms with Crippen LogP contribution in [0.2, 0.25) is 5.02 Å². The zero-order valence-corrected chi connectivity index (χ0v) is 15.1. The topological polar surface area (TPSA) is 40.1 Å². The van der Waals surface area contributed by atoms with Crippen LogP contribution >= 0.6 is 23.8 Å². The lowest BCUT2D eigenvalue weighted by atomic mass is 10.2. The Morgan fingerprint density at radius 1 is 1.26 bits per heavy atom. The molecule has 2 aromatic rings. The van der Waals surface area contributed by atoms with Gasteiger partial charge in [0.1, 0.15) is 5.82 Å². The van der Waals surface area contributed by atoms with Gasteiger partial charge in [-0.05, 0) is 50.0 Å². The molecule has 1 aromatic carbocycles. The third-order valence-corrected chi connectivity index (χ3v) is 4.90. The summed E-state index contributed by atoms with van der Waals surface area (Å²) in [6.45, 7) is 7.52. The van der Waals surface area contributed by atoms with Gasteiger partial charge in [-0.1, -0.05) is 11.6 Å². The van der Waals surface area contributed by atoms with Gasteiger partial charge in [0.2, 0.25) is 0 Å². The molecular weight excluding hydrogens is 330 g/mol. The second-order valence-corrected chi connectivity index (χ2v) is 6.93. The van der Waals surface area contributed by atoms with Gasteiger partial charge in [-0.2, -0.15) is 5.10 Å². The molecule has 1 aliphatic rings. The summed E-state index contributed by atoms with van der Waals surface area (Å²) in [5.74, 6) is 0.972. The van der Waals surface area contributed by atoms with Crippen LogP contribution in [0.15, 0.2) is 18.2 Å². The zero-order valence-electron chi connectivity index (χ0n) is 13.5. The molecule has 0 unspecified atom stereocenters. The van der Waals surface area contributed by atoms with Crippen LogP contribution in [0.1, 0.15) is 11.4 Å². The lowest BCUT2D eigenvalue weighted by Crippen LogP contribution is -2.45. The molecule has 3 rings (SSSR count). The highest BCUT2D eigenvalue weighted by atomic mass is 35.5.